The van der Waals surface area contributed by atoms with Gasteiger partial charge in [-0.05, 0) is 36.3 Å². The molecule has 2 amide bonds. The first-order valence-electron chi connectivity index (χ1n) is 8.35. The molecule has 2 N–H and O–H groups in total. The van der Waals surface area contributed by atoms with Crippen molar-refractivity contribution in [3.63, 3.8) is 0 Å². The van der Waals surface area contributed by atoms with Crippen LogP contribution in [0.2, 0.25) is 0 Å². The van der Waals surface area contributed by atoms with Crippen LogP contribution in [-0.2, 0) is 4.79 Å². The standard InChI is InChI=1S/C18H21N3O3S/c1-12(22)19-9-13-4-2-6-21(11-13)18(24)15-8-14(10-20-17(15)23)16-5-3-7-25-16/h3,5,7-8,10,13H,2,4,6,9,11H2,1H3,(H,19,22)(H,20,23). The van der Waals surface area contributed by atoms with E-state index in [1.807, 2.05) is 17.5 Å². The summed E-state index contributed by atoms with van der Waals surface area (Å²) in [5.74, 6) is -0.0862. The predicted molar refractivity (Wildman–Crippen MR) is 97.7 cm³/mol. The second-order valence-corrected chi connectivity index (χ2v) is 7.25. The van der Waals surface area contributed by atoms with Crippen molar-refractivity contribution < 1.29 is 9.59 Å². The van der Waals surface area contributed by atoms with E-state index in [0.29, 0.717) is 19.6 Å². The highest BCUT2D eigenvalue weighted by Crippen LogP contribution is 2.24. The average molecular weight is 359 g/mol. The van der Waals surface area contributed by atoms with Crippen molar-refractivity contribution in [1.82, 2.24) is 15.2 Å². The van der Waals surface area contributed by atoms with E-state index in [1.165, 1.54) is 6.92 Å². The molecule has 1 fully saturated rings. The Balaban J connectivity index is 1.77. The van der Waals surface area contributed by atoms with Gasteiger partial charge in [0.2, 0.25) is 5.91 Å². The summed E-state index contributed by atoms with van der Waals surface area (Å²) < 4.78 is 0. The number of hydrogen-bond acceptors (Lipinski definition) is 4. The van der Waals surface area contributed by atoms with E-state index in [-0.39, 0.29) is 28.9 Å². The zero-order chi connectivity index (χ0) is 17.8. The normalized spacial score (nSPS) is 17.3. The van der Waals surface area contributed by atoms with Crippen molar-refractivity contribution in [2.75, 3.05) is 19.6 Å². The molecule has 0 bridgehead atoms. The van der Waals surface area contributed by atoms with Crippen LogP contribution in [-0.4, -0.2) is 41.3 Å². The van der Waals surface area contributed by atoms with Crippen molar-refractivity contribution >= 4 is 23.2 Å². The first kappa shape index (κ1) is 17.4. The lowest BCUT2D eigenvalue weighted by atomic mass is 9.97. The SMILES string of the molecule is CC(=O)NCC1CCCN(C(=O)c2cc(-c3cccs3)c[nH]c2=O)C1. The third kappa shape index (κ3) is 4.17. The van der Waals surface area contributed by atoms with Crippen LogP contribution in [0.25, 0.3) is 10.4 Å². The van der Waals surface area contributed by atoms with Gasteiger partial charge in [-0.1, -0.05) is 6.07 Å². The van der Waals surface area contributed by atoms with Crippen LogP contribution in [0.3, 0.4) is 0 Å². The fourth-order valence-corrected chi connectivity index (χ4v) is 3.82. The number of pyridine rings is 1. The first-order chi connectivity index (χ1) is 12.0. The smallest absolute Gasteiger partial charge is 0.260 e. The average Bonchev–Trinajstić information content (AvgIpc) is 3.15. The lowest BCUT2D eigenvalue weighted by molar-refractivity contribution is -0.119. The van der Waals surface area contributed by atoms with Gasteiger partial charge < -0.3 is 15.2 Å². The molecule has 132 valence electrons. The predicted octanol–water partition coefficient (Wildman–Crippen LogP) is 2.09. The largest absolute Gasteiger partial charge is 0.356 e. The summed E-state index contributed by atoms with van der Waals surface area (Å²) in [7, 11) is 0. The Morgan fingerprint density at radius 2 is 2.28 bits per heavy atom. The van der Waals surface area contributed by atoms with Gasteiger partial charge in [-0.25, -0.2) is 0 Å². The summed E-state index contributed by atoms with van der Waals surface area (Å²) in [5.41, 5.74) is 0.644. The van der Waals surface area contributed by atoms with E-state index in [2.05, 4.69) is 10.3 Å². The Hall–Kier alpha value is -2.41. The molecule has 0 radical (unpaired) electrons. The van der Waals surface area contributed by atoms with E-state index < -0.39 is 0 Å². The summed E-state index contributed by atoms with van der Waals surface area (Å²) in [4.78, 5) is 41.5. The van der Waals surface area contributed by atoms with Crippen LogP contribution in [0.5, 0.6) is 0 Å². The van der Waals surface area contributed by atoms with Crippen LogP contribution < -0.4 is 10.9 Å². The topological polar surface area (TPSA) is 82.3 Å². The maximum absolute atomic E-state index is 12.8. The minimum atomic E-state index is -0.366. The molecule has 0 aliphatic carbocycles. The van der Waals surface area contributed by atoms with Gasteiger partial charge in [0, 0.05) is 43.2 Å². The molecule has 25 heavy (non-hydrogen) atoms. The highest BCUT2D eigenvalue weighted by atomic mass is 32.1. The van der Waals surface area contributed by atoms with E-state index in [1.54, 1.807) is 28.5 Å². The third-order valence-corrected chi connectivity index (χ3v) is 5.30. The molecule has 1 saturated heterocycles. The number of aromatic amines is 1. The van der Waals surface area contributed by atoms with Crippen molar-refractivity contribution in [2.24, 2.45) is 5.92 Å². The molecule has 0 aromatic carbocycles. The van der Waals surface area contributed by atoms with E-state index in [0.717, 1.165) is 23.3 Å². The Labute approximate surface area is 149 Å². The number of nitrogens with one attached hydrogen (secondary N) is 2. The number of amides is 2. The van der Waals surface area contributed by atoms with Crippen LogP contribution in [0.15, 0.2) is 34.6 Å². The van der Waals surface area contributed by atoms with Gasteiger partial charge >= 0.3 is 0 Å². The molecule has 2 aromatic rings. The molecule has 6 nitrogen and oxygen atoms in total. The molecule has 1 atom stereocenters. The van der Waals surface area contributed by atoms with Gasteiger partial charge in [0.25, 0.3) is 11.5 Å². The number of likely N-dealkylation sites (tertiary alicyclic amines) is 1. The lowest BCUT2D eigenvalue weighted by Crippen LogP contribution is -2.44. The molecular weight excluding hydrogens is 338 g/mol. The van der Waals surface area contributed by atoms with Crippen LogP contribution in [0, 0.1) is 5.92 Å². The van der Waals surface area contributed by atoms with Crippen LogP contribution >= 0.6 is 11.3 Å². The lowest BCUT2D eigenvalue weighted by Gasteiger charge is -2.32. The number of piperidine rings is 1. The van der Waals surface area contributed by atoms with Crippen molar-refractivity contribution in [3.05, 3.63) is 45.7 Å². The Bertz CT molecular complexity index is 813. The molecule has 0 spiro atoms. The third-order valence-electron chi connectivity index (χ3n) is 4.39. The van der Waals surface area contributed by atoms with Gasteiger partial charge in [-0.3, -0.25) is 14.4 Å². The maximum atomic E-state index is 12.8. The molecule has 3 rings (SSSR count). The van der Waals surface area contributed by atoms with Gasteiger partial charge in [-0.2, -0.15) is 0 Å². The molecule has 3 heterocycles. The zero-order valence-electron chi connectivity index (χ0n) is 14.1. The minimum absolute atomic E-state index is 0.0662. The summed E-state index contributed by atoms with van der Waals surface area (Å²) in [6.45, 7) is 3.24. The van der Waals surface area contributed by atoms with Crippen LogP contribution in [0.1, 0.15) is 30.1 Å². The minimum Gasteiger partial charge on any atom is -0.356 e. The highest BCUT2D eigenvalue weighted by Gasteiger charge is 2.26. The second-order valence-electron chi connectivity index (χ2n) is 6.30. The molecule has 1 aliphatic heterocycles. The first-order valence-corrected chi connectivity index (χ1v) is 9.23. The molecule has 7 heteroatoms. The van der Waals surface area contributed by atoms with Crippen molar-refractivity contribution in [3.8, 4) is 10.4 Å². The number of H-pyrrole nitrogens is 1. The maximum Gasteiger partial charge on any atom is 0.260 e. The van der Waals surface area contributed by atoms with Gasteiger partial charge in [-0.15, -0.1) is 11.3 Å². The van der Waals surface area contributed by atoms with E-state index >= 15 is 0 Å². The molecule has 2 aromatic heterocycles. The highest BCUT2D eigenvalue weighted by molar-refractivity contribution is 7.13. The summed E-state index contributed by atoms with van der Waals surface area (Å²) >= 11 is 1.56. The van der Waals surface area contributed by atoms with Gasteiger partial charge in [0.15, 0.2) is 0 Å². The molecular formula is C18H21N3O3S. The molecule has 1 aliphatic rings. The fraction of sp³-hybridized carbons (Fsp3) is 0.389. The Kier molecular flexibility index (Phi) is 5.33. The summed E-state index contributed by atoms with van der Waals surface area (Å²) in [6.07, 6.45) is 3.48. The number of hydrogen-bond donors (Lipinski definition) is 2. The number of nitrogens with zero attached hydrogens (tertiary/aromatic N) is 1. The number of aromatic nitrogens is 1. The molecule has 1 unspecified atom stereocenters. The quantitative estimate of drug-likeness (QED) is 0.877. The van der Waals surface area contributed by atoms with Gasteiger partial charge in [0.05, 0.1) is 0 Å². The van der Waals surface area contributed by atoms with E-state index in [9.17, 15) is 14.4 Å². The van der Waals surface area contributed by atoms with E-state index in [4.69, 9.17) is 0 Å². The number of thiophene rings is 1. The Morgan fingerprint density at radius 1 is 1.44 bits per heavy atom. The van der Waals surface area contributed by atoms with Crippen molar-refractivity contribution in [2.45, 2.75) is 19.8 Å². The summed E-state index contributed by atoms with van der Waals surface area (Å²) in [6, 6.07) is 5.56. The number of carbonyl (C=O) groups is 2. The summed E-state index contributed by atoms with van der Waals surface area (Å²) in [5, 5.41) is 4.77. The van der Waals surface area contributed by atoms with Gasteiger partial charge in [0.1, 0.15) is 5.56 Å². The van der Waals surface area contributed by atoms with Crippen LogP contribution in [0.4, 0.5) is 0 Å². The van der Waals surface area contributed by atoms with Crippen molar-refractivity contribution in [1.29, 1.82) is 0 Å². The number of carbonyl (C=O) groups excluding carboxylic acids is 2. The monoisotopic (exact) mass is 359 g/mol. The second kappa shape index (κ2) is 7.65. The zero-order valence-corrected chi connectivity index (χ0v) is 14.9. The molecule has 0 saturated carbocycles. The fourth-order valence-electron chi connectivity index (χ4n) is 3.10. The Morgan fingerprint density at radius 3 is 3.00 bits per heavy atom. The number of rotatable bonds is 4.